The van der Waals surface area contributed by atoms with Crippen LogP contribution >= 0.6 is 11.7 Å². The van der Waals surface area contributed by atoms with Crippen LogP contribution in [0.15, 0.2) is 42.5 Å². The second-order valence-electron chi connectivity index (χ2n) is 7.27. The highest BCUT2D eigenvalue weighted by atomic mass is 32.1. The van der Waals surface area contributed by atoms with Crippen LogP contribution in [0.25, 0.3) is 11.0 Å². The molecular weight excluding hydrogens is 415 g/mol. The summed E-state index contributed by atoms with van der Waals surface area (Å²) in [4.78, 5) is 16.5. The smallest absolute Gasteiger partial charge is 0.325 e. The first-order valence-electron chi connectivity index (χ1n) is 9.50. The van der Waals surface area contributed by atoms with E-state index in [0.29, 0.717) is 44.0 Å². The average Bonchev–Trinajstić information content (AvgIpc) is 3.17. The van der Waals surface area contributed by atoms with Crippen molar-refractivity contribution in [2.75, 3.05) is 38.0 Å². The highest BCUT2D eigenvalue weighted by Crippen LogP contribution is 2.29. The van der Waals surface area contributed by atoms with Gasteiger partial charge < -0.3 is 5.32 Å². The molecule has 1 saturated heterocycles. The number of hydrogen-bond acceptors (Lipinski definition) is 6. The number of nitrogens with zero attached hydrogens (tertiary/aromatic N) is 4. The molecule has 1 amide bonds. The van der Waals surface area contributed by atoms with Gasteiger partial charge in [0.2, 0.25) is 5.91 Å². The van der Waals surface area contributed by atoms with Gasteiger partial charge in [-0.05, 0) is 29.8 Å². The second-order valence-corrected chi connectivity index (χ2v) is 7.79. The fraction of sp³-hybridized carbons (Fsp3) is 0.350. The molecule has 1 aliphatic rings. The summed E-state index contributed by atoms with van der Waals surface area (Å²) in [5.74, 6) is -0.108. The molecule has 1 fully saturated rings. The van der Waals surface area contributed by atoms with Crippen LogP contribution in [0.4, 0.5) is 18.9 Å². The number of piperazine rings is 1. The van der Waals surface area contributed by atoms with Crippen molar-refractivity contribution in [3.8, 4) is 0 Å². The maximum Gasteiger partial charge on any atom is 0.416 e. The first kappa shape index (κ1) is 20.7. The highest BCUT2D eigenvalue weighted by molar-refractivity contribution is 7.00. The molecular formula is C20H20F3N5OS. The van der Waals surface area contributed by atoms with Crippen LogP contribution < -0.4 is 5.32 Å². The summed E-state index contributed by atoms with van der Waals surface area (Å²) in [7, 11) is 0. The van der Waals surface area contributed by atoms with E-state index in [0.717, 1.165) is 28.8 Å². The first-order valence-corrected chi connectivity index (χ1v) is 10.2. The van der Waals surface area contributed by atoms with Crippen molar-refractivity contribution in [3.05, 3.63) is 53.6 Å². The van der Waals surface area contributed by atoms with E-state index in [1.807, 2.05) is 11.0 Å². The van der Waals surface area contributed by atoms with E-state index in [1.54, 1.807) is 18.2 Å². The van der Waals surface area contributed by atoms with Crippen molar-refractivity contribution < 1.29 is 18.0 Å². The zero-order valence-electron chi connectivity index (χ0n) is 16.0. The maximum absolute atomic E-state index is 12.9. The van der Waals surface area contributed by atoms with Crippen molar-refractivity contribution >= 4 is 34.4 Å². The number of carbonyl (C=O) groups is 1. The van der Waals surface area contributed by atoms with Gasteiger partial charge in [-0.3, -0.25) is 14.6 Å². The molecule has 158 valence electrons. The molecule has 3 aromatic rings. The fourth-order valence-electron chi connectivity index (χ4n) is 3.47. The lowest BCUT2D eigenvalue weighted by Gasteiger charge is -2.34. The molecule has 6 nitrogen and oxygen atoms in total. The minimum atomic E-state index is -4.33. The third-order valence-corrected chi connectivity index (χ3v) is 5.59. The largest absolute Gasteiger partial charge is 0.416 e. The Morgan fingerprint density at radius 2 is 1.73 bits per heavy atom. The Labute approximate surface area is 175 Å². The van der Waals surface area contributed by atoms with Gasteiger partial charge in [0.05, 0.1) is 23.8 Å². The van der Waals surface area contributed by atoms with E-state index in [-0.39, 0.29) is 12.5 Å². The number of rotatable bonds is 5. The lowest BCUT2D eigenvalue weighted by molar-refractivity contribution is -0.137. The zero-order chi connectivity index (χ0) is 21.1. The van der Waals surface area contributed by atoms with E-state index < -0.39 is 11.7 Å². The lowest BCUT2D eigenvalue weighted by atomic mass is 10.1. The molecule has 0 unspecified atom stereocenters. The van der Waals surface area contributed by atoms with Crippen molar-refractivity contribution in [2.45, 2.75) is 12.7 Å². The summed E-state index contributed by atoms with van der Waals surface area (Å²) in [5.41, 5.74) is 2.25. The van der Waals surface area contributed by atoms with Crippen LogP contribution in [0, 0.1) is 0 Å². The summed E-state index contributed by atoms with van der Waals surface area (Å²) in [6.07, 6.45) is -4.33. The van der Waals surface area contributed by atoms with Crippen molar-refractivity contribution in [3.63, 3.8) is 0 Å². The lowest BCUT2D eigenvalue weighted by Crippen LogP contribution is -2.48. The number of aromatic nitrogens is 2. The standard InChI is InChI=1S/C20H20F3N5OS/c21-20(22,23)15-3-1-2-14(10-15)12-27-6-8-28(9-7-27)13-19(29)24-16-4-5-17-18(11-16)26-30-25-17/h1-5,10-11H,6-9,12-13H2,(H,24,29). The van der Waals surface area contributed by atoms with Gasteiger partial charge in [0.15, 0.2) is 0 Å². The van der Waals surface area contributed by atoms with Crippen molar-refractivity contribution in [1.82, 2.24) is 18.5 Å². The van der Waals surface area contributed by atoms with Crippen LogP contribution in [-0.4, -0.2) is 57.2 Å². The van der Waals surface area contributed by atoms with E-state index in [2.05, 4.69) is 19.0 Å². The Hall–Kier alpha value is -2.56. The highest BCUT2D eigenvalue weighted by Gasteiger charge is 2.30. The van der Waals surface area contributed by atoms with Crippen LogP contribution in [0.3, 0.4) is 0 Å². The molecule has 0 radical (unpaired) electrons. The summed E-state index contributed by atoms with van der Waals surface area (Å²) in [6, 6.07) is 10.9. The average molecular weight is 435 g/mol. The third kappa shape index (κ3) is 5.13. The number of alkyl halides is 3. The fourth-order valence-corrected chi connectivity index (χ4v) is 3.99. The number of carbonyl (C=O) groups excluding carboxylic acids is 1. The number of halogens is 3. The van der Waals surface area contributed by atoms with Crippen LogP contribution in [0.2, 0.25) is 0 Å². The molecule has 0 aliphatic carbocycles. The predicted octanol–water partition coefficient (Wildman–Crippen LogP) is 3.47. The van der Waals surface area contributed by atoms with Crippen LogP contribution in [0.1, 0.15) is 11.1 Å². The summed E-state index contributed by atoms with van der Waals surface area (Å²) in [5, 5.41) is 2.88. The molecule has 0 spiro atoms. The Bertz CT molecular complexity index is 1030. The number of amides is 1. The Kier molecular flexibility index (Phi) is 5.98. The van der Waals surface area contributed by atoms with Gasteiger partial charge in [0.1, 0.15) is 11.0 Å². The molecule has 30 heavy (non-hydrogen) atoms. The number of hydrogen-bond donors (Lipinski definition) is 1. The molecule has 1 aliphatic heterocycles. The van der Waals surface area contributed by atoms with Gasteiger partial charge >= 0.3 is 6.18 Å². The van der Waals surface area contributed by atoms with Crippen LogP contribution in [0.5, 0.6) is 0 Å². The van der Waals surface area contributed by atoms with E-state index in [9.17, 15) is 18.0 Å². The Balaban J connectivity index is 1.26. The number of benzene rings is 2. The Morgan fingerprint density at radius 1 is 1.00 bits per heavy atom. The zero-order valence-corrected chi connectivity index (χ0v) is 16.8. The predicted molar refractivity (Wildman–Crippen MR) is 109 cm³/mol. The van der Waals surface area contributed by atoms with Gasteiger partial charge in [-0.25, -0.2) is 0 Å². The molecule has 1 aromatic heterocycles. The van der Waals surface area contributed by atoms with Gasteiger partial charge in [-0.1, -0.05) is 18.2 Å². The minimum Gasteiger partial charge on any atom is -0.325 e. The maximum atomic E-state index is 12.9. The van der Waals surface area contributed by atoms with E-state index in [4.69, 9.17) is 0 Å². The van der Waals surface area contributed by atoms with Crippen molar-refractivity contribution in [2.24, 2.45) is 0 Å². The molecule has 4 rings (SSSR count). The summed E-state index contributed by atoms with van der Waals surface area (Å²) >= 11 is 1.13. The monoisotopic (exact) mass is 435 g/mol. The van der Waals surface area contributed by atoms with Gasteiger partial charge in [-0.15, -0.1) is 0 Å². The normalized spacial score (nSPS) is 16.1. The van der Waals surface area contributed by atoms with E-state index in [1.165, 1.54) is 12.1 Å². The van der Waals surface area contributed by atoms with Gasteiger partial charge in [0.25, 0.3) is 0 Å². The van der Waals surface area contributed by atoms with Crippen LogP contribution in [-0.2, 0) is 17.5 Å². The molecule has 10 heteroatoms. The molecule has 0 atom stereocenters. The van der Waals surface area contributed by atoms with Gasteiger partial charge in [-0.2, -0.15) is 21.9 Å². The minimum absolute atomic E-state index is 0.108. The first-order chi connectivity index (χ1) is 14.4. The summed E-state index contributed by atoms with van der Waals surface area (Å²) in [6.45, 7) is 3.49. The molecule has 0 bridgehead atoms. The third-order valence-electron chi connectivity index (χ3n) is 5.03. The van der Waals surface area contributed by atoms with Crippen molar-refractivity contribution in [1.29, 1.82) is 0 Å². The summed E-state index contributed by atoms with van der Waals surface area (Å²) < 4.78 is 46.9. The quantitative estimate of drug-likeness (QED) is 0.665. The molecule has 2 heterocycles. The molecule has 2 aromatic carbocycles. The number of fused-ring (bicyclic) bond motifs is 1. The number of nitrogens with one attached hydrogen (secondary N) is 1. The SMILES string of the molecule is O=C(CN1CCN(Cc2cccc(C(F)(F)F)c2)CC1)Nc1ccc2nsnc2c1. The number of anilines is 1. The Morgan fingerprint density at radius 3 is 2.50 bits per heavy atom. The molecule has 1 N–H and O–H groups in total. The van der Waals surface area contributed by atoms with Gasteiger partial charge in [0, 0.05) is 38.4 Å². The molecule has 0 saturated carbocycles. The topological polar surface area (TPSA) is 61.4 Å². The second kappa shape index (κ2) is 8.66. The van der Waals surface area contributed by atoms with E-state index >= 15 is 0 Å².